The zero-order valence-corrected chi connectivity index (χ0v) is 10.3. The topological polar surface area (TPSA) is 137 Å². The van der Waals surface area contributed by atoms with Gasteiger partial charge in [-0.1, -0.05) is 0 Å². The van der Waals surface area contributed by atoms with Gasteiger partial charge in [0.25, 0.3) is 5.91 Å². The van der Waals surface area contributed by atoms with E-state index < -0.39 is 11.9 Å². The van der Waals surface area contributed by atoms with Crippen molar-refractivity contribution >= 4 is 18.3 Å². The van der Waals surface area contributed by atoms with Crippen molar-refractivity contribution in [2.24, 2.45) is 5.73 Å². The van der Waals surface area contributed by atoms with E-state index in [9.17, 15) is 14.4 Å². The molecule has 0 heterocycles. The number of carbonyl (C=O) groups excluding carboxylic acids is 2. The van der Waals surface area contributed by atoms with Gasteiger partial charge in [0, 0.05) is 19.3 Å². The number of amides is 2. The number of nitrogens with one attached hydrogen (secondary N) is 1. The molecule has 0 aliphatic rings. The average Bonchev–Trinajstić information content (AvgIpc) is 2.38. The molecule has 2 amide bonds. The van der Waals surface area contributed by atoms with Crippen LogP contribution in [-0.2, 0) is 14.4 Å². The maximum absolute atomic E-state index is 11.5. The Morgan fingerprint density at radius 3 is 2.63 bits per heavy atom. The summed E-state index contributed by atoms with van der Waals surface area (Å²) in [5, 5.41) is 19.5. The minimum Gasteiger partial charge on any atom is -0.481 e. The number of aliphatic carboxylic acids is 1. The minimum atomic E-state index is -1.06. The van der Waals surface area contributed by atoms with Gasteiger partial charge in [-0.3, -0.25) is 14.4 Å². The Hall–Kier alpha value is -2.40. The summed E-state index contributed by atoms with van der Waals surface area (Å²) in [5.41, 5.74) is 5.02. The maximum Gasteiger partial charge on any atom is 0.305 e. The van der Waals surface area contributed by atoms with Crippen molar-refractivity contribution in [3.63, 3.8) is 0 Å². The number of carboxylic acid groups (broad SMARTS) is 1. The quantitative estimate of drug-likeness (QED) is 0.273. The van der Waals surface area contributed by atoms with Crippen molar-refractivity contribution in [3.05, 3.63) is 11.8 Å². The lowest BCUT2D eigenvalue weighted by Gasteiger charge is -2.12. The van der Waals surface area contributed by atoms with E-state index in [1.54, 1.807) is 6.07 Å². The molecule has 0 aromatic heterocycles. The number of hydrogen-bond acceptors (Lipinski definition) is 5. The number of hydrogen-bond donors (Lipinski definition) is 3. The number of nitrogens with zero attached hydrogens (tertiary/aromatic N) is 2. The molecule has 0 atom stereocenters. The molecule has 4 N–H and O–H groups in total. The van der Waals surface area contributed by atoms with Gasteiger partial charge in [-0.15, -0.1) is 0 Å². The molecule has 0 saturated carbocycles. The summed E-state index contributed by atoms with van der Waals surface area (Å²) < 4.78 is 0. The van der Waals surface area contributed by atoms with Gasteiger partial charge in [-0.05, 0) is 13.0 Å². The standard InChI is InChI=1S/C11H16N4O4/c12-3-1-5-15(8-16)7-9(6-13)11(19)14-4-2-10(17)18/h7-8H,1-5,12H2,(H,14,19)(H,17,18)/b9-7-. The normalized spacial score (nSPS) is 10.4. The molecule has 0 radical (unpaired) electrons. The molecule has 8 heteroatoms. The zero-order chi connectivity index (χ0) is 14.7. The molecule has 0 aromatic carbocycles. The van der Waals surface area contributed by atoms with Crippen molar-refractivity contribution in [2.45, 2.75) is 12.8 Å². The zero-order valence-electron chi connectivity index (χ0n) is 10.3. The van der Waals surface area contributed by atoms with Crippen LogP contribution in [0.5, 0.6) is 0 Å². The van der Waals surface area contributed by atoms with Gasteiger partial charge in [-0.25, -0.2) is 0 Å². The van der Waals surface area contributed by atoms with Crippen LogP contribution < -0.4 is 11.1 Å². The van der Waals surface area contributed by atoms with Crippen LogP contribution in [0.25, 0.3) is 0 Å². The van der Waals surface area contributed by atoms with E-state index in [4.69, 9.17) is 16.1 Å². The van der Waals surface area contributed by atoms with Gasteiger partial charge in [0.2, 0.25) is 6.41 Å². The number of rotatable bonds is 9. The molecule has 0 rings (SSSR count). The molecule has 0 aliphatic carbocycles. The molecule has 19 heavy (non-hydrogen) atoms. The third-order valence-corrected chi connectivity index (χ3v) is 2.04. The summed E-state index contributed by atoms with van der Waals surface area (Å²) in [6, 6.07) is 1.65. The van der Waals surface area contributed by atoms with E-state index in [1.807, 2.05) is 0 Å². The predicted molar refractivity (Wildman–Crippen MR) is 65.4 cm³/mol. The van der Waals surface area contributed by atoms with Crippen molar-refractivity contribution < 1.29 is 19.5 Å². The smallest absolute Gasteiger partial charge is 0.305 e. The van der Waals surface area contributed by atoms with E-state index >= 15 is 0 Å². The van der Waals surface area contributed by atoms with Crippen LogP contribution in [0.1, 0.15) is 12.8 Å². The molecule has 0 aromatic rings. The molecular formula is C11H16N4O4. The van der Waals surface area contributed by atoms with Gasteiger partial charge in [-0.2, -0.15) is 5.26 Å². The highest BCUT2D eigenvalue weighted by molar-refractivity contribution is 5.97. The van der Waals surface area contributed by atoms with Gasteiger partial charge in [0.05, 0.1) is 6.42 Å². The van der Waals surface area contributed by atoms with Gasteiger partial charge >= 0.3 is 5.97 Å². The van der Waals surface area contributed by atoms with Crippen LogP contribution in [0.2, 0.25) is 0 Å². The van der Waals surface area contributed by atoms with E-state index in [0.717, 1.165) is 11.1 Å². The Labute approximate surface area is 110 Å². The first-order valence-electron chi connectivity index (χ1n) is 5.58. The van der Waals surface area contributed by atoms with Crippen LogP contribution in [0.3, 0.4) is 0 Å². The molecular weight excluding hydrogens is 252 g/mol. The van der Waals surface area contributed by atoms with Crippen LogP contribution >= 0.6 is 0 Å². The second-order valence-electron chi connectivity index (χ2n) is 3.54. The Morgan fingerprint density at radius 1 is 1.47 bits per heavy atom. The first-order chi connectivity index (χ1) is 9.04. The van der Waals surface area contributed by atoms with Gasteiger partial charge in [0.1, 0.15) is 11.6 Å². The fraction of sp³-hybridized carbons (Fsp3) is 0.455. The summed E-state index contributed by atoms with van der Waals surface area (Å²) >= 11 is 0. The van der Waals surface area contributed by atoms with E-state index in [2.05, 4.69) is 5.32 Å². The number of nitriles is 1. The predicted octanol–water partition coefficient (Wildman–Crippen LogP) is -1.21. The molecule has 0 aliphatic heterocycles. The van der Waals surface area contributed by atoms with E-state index in [1.165, 1.54) is 0 Å². The lowest BCUT2D eigenvalue weighted by atomic mass is 10.2. The highest BCUT2D eigenvalue weighted by Gasteiger charge is 2.11. The highest BCUT2D eigenvalue weighted by Crippen LogP contribution is 1.97. The lowest BCUT2D eigenvalue weighted by Crippen LogP contribution is -2.29. The first kappa shape index (κ1) is 16.6. The second-order valence-corrected chi connectivity index (χ2v) is 3.54. The summed E-state index contributed by atoms with van der Waals surface area (Å²) in [7, 11) is 0. The number of carbonyl (C=O) groups is 3. The van der Waals surface area contributed by atoms with Gasteiger partial charge in [0.15, 0.2) is 0 Å². The fourth-order valence-electron chi connectivity index (χ4n) is 1.10. The SMILES string of the molecule is N#C/C(=C/N(C=O)CCCN)C(=O)NCCC(=O)O. The van der Waals surface area contributed by atoms with Crippen LogP contribution in [-0.4, -0.2) is 47.9 Å². The second kappa shape index (κ2) is 9.61. The Morgan fingerprint density at radius 2 is 2.16 bits per heavy atom. The minimum absolute atomic E-state index is 0.0862. The maximum atomic E-state index is 11.5. The average molecular weight is 268 g/mol. The lowest BCUT2D eigenvalue weighted by molar-refractivity contribution is -0.136. The summed E-state index contributed by atoms with van der Waals surface area (Å²) in [6.07, 6.45) is 1.89. The van der Waals surface area contributed by atoms with E-state index in [-0.39, 0.29) is 18.5 Å². The highest BCUT2D eigenvalue weighted by atomic mass is 16.4. The Kier molecular flexibility index (Phi) is 8.40. The fourth-order valence-corrected chi connectivity index (χ4v) is 1.10. The van der Waals surface area contributed by atoms with Crippen molar-refractivity contribution in [2.75, 3.05) is 19.6 Å². The van der Waals surface area contributed by atoms with Crippen molar-refractivity contribution in [1.82, 2.24) is 10.2 Å². The third-order valence-electron chi connectivity index (χ3n) is 2.04. The molecule has 104 valence electrons. The van der Waals surface area contributed by atoms with Crippen molar-refractivity contribution in [3.8, 4) is 6.07 Å². The number of nitrogens with two attached hydrogens (primary N) is 1. The van der Waals surface area contributed by atoms with Crippen LogP contribution in [0.15, 0.2) is 11.8 Å². The van der Waals surface area contributed by atoms with E-state index in [0.29, 0.717) is 25.9 Å². The Balaban J connectivity index is 4.52. The largest absolute Gasteiger partial charge is 0.481 e. The molecule has 0 spiro atoms. The third kappa shape index (κ3) is 7.51. The molecule has 8 nitrogen and oxygen atoms in total. The van der Waals surface area contributed by atoms with Gasteiger partial charge < -0.3 is 21.1 Å². The van der Waals surface area contributed by atoms with Crippen molar-refractivity contribution in [1.29, 1.82) is 5.26 Å². The molecule has 0 saturated heterocycles. The summed E-state index contributed by atoms with van der Waals surface area (Å²) in [5.74, 6) is -1.77. The first-order valence-corrected chi connectivity index (χ1v) is 5.58. The van der Waals surface area contributed by atoms with Crippen LogP contribution in [0, 0.1) is 11.3 Å². The summed E-state index contributed by atoms with van der Waals surface area (Å²) in [4.78, 5) is 33.6. The monoisotopic (exact) mass is 268 g/mol. The molecule has 0 fully saturated rings. The molecule has 0 bridgehead atoms. The number of carboxylic acids is 1. The molecule has 0 unspecified atom stereocenters. The van der Waals surface area contributed by atoms with Crippen LogP contribution in [0.4, 0.5) is 0 Å². The summed E-state index contributed by atoms with van der Waals surface area (Å²) in [6.45, 7) is 0.593. The Bertz CT molecular complexity index is 400.